The van der Waals surface area contributed by atoms with Crippen LogP contribution in [0.25, 0.3) is 10.2 Å². The van der Waals surface area contributed by atoms with Gasteiger partial charge in [0.05, 0.1) is 11.8 Å². The number of nitrogens with zero attached hydrogens (tertiary/aromatic N) is 5. The molecule has 1 atom stereocenters. The number of aryl methyl sites for hydroxylation is 2. The van der Waals surface area contributed by atoms with E-state index in [0.29, 0.717) is 11.6 Å². The number of hydrogen-bond acceptors (Lipinski definition) is 9. The fraction of sp³-hybridized carbons (Fsp3) is 0.500. The highest BCUT2D eigenvalue weighted by atomic mass is 32.2. The highest BCUT2D eigenvalue weighted by Crippen LogP contribution is 2.35. The van der Waals surface area contributed by atoms with E-state index in [4.69, 9.17) is 4.52 Å². The van der Waals surface area contributed by atoms with Crippen LogP contribution in [-0.2, 0) is 5.75 Å². The Morgan fingerprint density at radius 2 is 2.28 bits per heavy atom. The van der Waals surface area contributed by atoms with E-state index in [2.05, 4.69) is 51.2 Å². The van der Waals surface area contributed by atoms with Gasteiger partial charge in [0.1, 0.15) is 16.2 Å². The first kappa shape index (κ1) is 16.9. The molecule has 3 aromatic rings. The fourth-order valence-electron chi connectivity index (χ4n) is 2.95. The zero-order valence-electron chi connectivity index (χ0n) is 14.4. The molecule has 0 aliphatic carbocycles. The van der Waals surface area contributed by atoms with Gasteiger partial charge in [0, 0.05) is 29.9 Å². The predicted molar refractivity (Wildman–Crippen MR) is 99.0 cm³/mol. The van der Waals surface area contributed by atoms with Crippen LogP contribution in [0, 0.1) is 13.8 Å². The van der Waals surface area contributed by atoms with Crippen LogP contribution in [0.1, 0.15) is 28.2 Å². The van der Waals surface area contributed by atoms with Gasteiger partial charge in [0.2, 0.25) is 5.89 Å². The van der Waals surface area contributed by atoms with Crippen molar-refractivity contribution in [3.63, 3.8) is 0 Å². The van der Waals surface area contributed by atoms with E-state index in [1.165, 1.54) is 10.4 Å². The zero-order chi connectivity index (χ0) is 17.4. The van der Waals surface area contributed by atoms with Crippen molar-refractivity contribution < 1.29 is 4.52 Å². The van der Waals surface area contributed by atoms with Crippen molar-refractivity contribution in [2.75, 3.05) is 26.7 Å². The van der Waals surface area contributed by atoms with Crippen LogP contribution in [0.2, 0.25) is 0 Å². The molecule has 0 radical (unpaired) electrons. The van der Waals surface area contributed by atoms with Gasteiger partial charge >= 0.3 is 0 Å². The maximum atomic E-state index is 5.46. The third-order valence-electron chi connectivity index (χ3n) is 4.56. The van der Waals surface area contributed by atoms with Crippen LogP contribution < -0.4 is 5.32 Å². The third kappa shape index (κ3) is 3.29. The topological polar surface area (TPSA) is 80.0 Å². The van der Waals surface area contributed by atoms with Crippen LogP contribution >= 0.6 is 23.1 Å². The molecule has 7 nitrogen and oxygen atoms in total. The summed E-state index contributed by atoms with van der Waals surface area (Å²) in [5.74, 6) is 1.99. The molecule has 1 fully saturated rings. The van der Waals surface area contributed by atoms with Crippen LogP contribution in [0.4, 0.5) is 0 Å². The smallest absolute Gasteiger partial charge is 0.237 e. The first-order chi connectivity index (χ1) is 12.1. The lowest BCUT2D eigenvalue weighted by atomic mass is 10.2. The molecule has 9 heteroatoms. The number of thiophene rings is 1. The summed E-state index contributed by atoms with van der Waals surface area (Å²) in [4.78, 5) is 18.0. The molecule has 3 aromatic heterocycles. The summed E-state index contributed by atoms with van der Waals surface area (Å²) in [7, 11) is 2.09. The van der Waals surface area contributed by atoms with Crippen molar-refractivity contribution in [2.45, 2.75) is 30.7 Å². The van der Waals surface area contributed by atoms with Gasteiger partial charge in [-0.1, -0.05) is 16.9 Å². The van der Waals surface area contributed by atoms with Gasteiger partial charge < -0.3 is 9.84 Å². The van der Waals surface area contributed by atoms with E-state index in [1.54, 1.807) is 29.4 Å². The molecule has 1 aliphatic rings. The van der Waals surface area contributed by atoms with Crippen molar-refractivity contribution in [1.82, 2.24) is 30.3 Å². The monoisotopic (exact) mass is 376 g/mol. The second-order valence-corrected chi connectivity index (χ2v) is 8.34. The number of nitrogens with one attached hydrogen (secondary N) is 1. The molecule has 0 aromatic carbocycles. The SMILES string of the molecule is Cc1sc2ncnc(SCc3nc(C4CNCCN4C)no3)c2c1C. The highest BCUT2D eigenvalue weighted by Gasteiger charge is 2.25. The van der Waals surface area contributed by atoms with E-state index in [-0.39, 0.29) is 6.04 Å². The van der Waals surface area contributed by atoms with Crippen molar-refractivity contribution in [2.24, 2.45) is 0 Å². The Morgan fingerprint density at radius 3 is 3.12 bits per heavy atom. The molecule has 132 valence electrons. The van der Waals surface area contributed by atoms with Gasteiger partial charge in [-0.3, -0.25) is 4.90 Å². The highest BCUT2D eigenvalue weighted by molar-refractivity contribution is 7.98. The Kier molecular flexibility index (Phi) is 4.72. The summed E-state index contributed by atoms with van der Waals surface area (Å²) in [5, 5.41) is 9.67. The zero-order valence-corrected chi connectivity index (χ0v) is 16.1. The quantitative estimate of drug-likeness (QED) is 0.550. The van der Waals surface area contributed by atoms with Gasteiger partial charge in [-0.25, -0.2) is 9.97 Å². The van der Waals surface area contributed by atoms with E-state index in [9.17, 15) is 0 Å². The van der Waals surface area contributed by atoms with Gasteiger partial charge in [0.25, 0.3) is 0 Å². The first-order valence-electron chi connectivity index (χ1n) is 8.20. The number of rotatable bonds is 4. The number of piperazine rings is 1. The molecular weight excluding hydrogens is 356 g/mol. The largest absolute Gasteiger partial charge is 0.338 e. The standard InChI is InChI=1S/C16H20N6OS2/c1-9-10(2)25-16-13(9)15(18-8-19-16)24-7-12-20-14(21-23-12)11-6-17-4-5-22(11)3/h8,11,17H,4-7H2,1-3H3. The summed E-state index contributed by atoms with van der Waals surface area (Å²) >= 11 is 3.33. The molecule has 4 heterocycles. The minimum absolute atomic E-state index is 0.170. The van der Waals surface area contributed by atoms with Crippen molar-refractivity contribution in [3.8, 4) is 0 Å². The van der Waals surface area contributed by atoms with E-state index < -0.39 is 0 Å². The summed E-state index contributed by atoms with van der Waals surface area (Å²) in [6, 6.07) is 0.170. The van der Waals surface area contributed by atoms with Crippen LogP contribution in [0.3, 0.4) is 0 Å². The molecule has 1 N–H and O–H groups in total. The molecule has 1 saturated heterocycles. The lowest BCUT2D eigenvalue weighted by Crippen LogP contribution is -2.44. The molecule has 0 saturated carbocycles. The molecule has 0 bridgehead atoms. The summed E-state index contributed by atoms with van der Waals surface area (Å²) in [6.45, 7) is 7.08. The van der Waals surface area contributed by atoms with Gasteiger partial charge in [-0.2, -0.15) is 4.98 Å². The van der Waals surface area contributed by atoms with Gasteiger partial charge in [-0.15, -0.1) is 11.3 Å². The lowest BCUT2D eigenvalue weighted by Gasteiger charge is -2.30. The second kappa shape index (κ2) is 6.99. The molecule has 4 rings (SSSR count). The normalized spacial score (nSPS) is 18.9. The number of hydrogen-bond donors (Lipinski definition) is 1. The average Bonchev–Trinajstić information content (AvgIpc) is 3.19. The number of aromatic nitrogens is 4. The second-order valence-electron chi connectivity index (χ2n) is 6.18. The van der Waals surface area contributed by atoms with E-state index in [0.717, 1.165) is 40.7 Å². The lowest BCUT2D eigenvalue weighted by molar-refractivity contribution is 0.190. The molecule has 1 aliphatic heterocycles. The third-order valence-corrected chi connectivity index (χ3v) is 6.65. The average molecular weight is 377 g/mol. The van der Waals surface area contributed by atoms with Gasteiger partial charge in [-0.05, 0) is 26.5 Å². The van der Waals surface area contributed by atoms with Crippen LogP contribution in [0.15, 0.2) is 15.9 Å². The minimum Gasteiger partial charge on any atom is -0.338 e. The maximum absolute atomic E-state index is 5.46. The number of likely N-dealkylation sites (N-methyl/N-ethyl adjacent to an activating group) is 1. The van der Waals surface area contributed by atoms with E-state index >= 15 is 0 Å². The summed E-state index contributed by atoms with van der Waals surface area (Å²) < 4.78 is 5.46. The van der Waals surface area contributed by atoms with E-state index in [1.807, 2.05) is 0 Å². The van der Waals surface area contributed by atoms with Crippen LogP contribution in [-0.4, -0.2) is 51.7 Å². The number of thioether (sulfide) groups is 1. The molecule has 1 unspecified atom stereocenters. The Hall–Kier alpha value is -1.55. The minimum atomic E-state index is 0.170. The Morgan fingerprint density at radius 1 is 1.40 bits per heavy atom. The van der Waals surface area contributed by atoms with Crippen molar-refractivity contribution in [3.05, 3.63) is 28.5 Å². The molecule has 0 amide bonds. The fourth-order valence-corrected chi connectivity index (χ4v) is 4.90. The first-order valence-corrected chi connectivity index (χ1v) is 10.0. The van der Waals surface area contributed by atoms with Crippen molar-refractivity contribution >= 4 is 33.3 Å². The Labute approximate surface area is 154 Å². The van der Waals surface area contributed by atoms with Crippen LogP contribution in [0.5, 0.6) is 0 Å². The molecular formula is C16H20N6OS2. The maximum Gasteiger partial charge on any atom is 0.237 e. The van der Waals surface area contributed by atoms with Crippen molar-refractivity contribution in [1.29, 1.82) is 0 Å². The molecule has 25 heavy (non-hydrogen) atoms. The Bertz CT molecular complexity index is 892. The van der Waals surface area contributed by atoms with Gasteiger partial charge in [0.15, 0.2) is 5.82 Å². The number of fused-ring (bicyclic) bond motifs is 1. The molecule has 0 spiro atoms. The predicted octanol–water partition coefficient (Wildman–Crippen LogP) is 2.56. The summed E-state index contributed by atoms with van der Waals surface area (Å²) in [5.41, 5.74) is 1.25. The Balaban J connectivity index is 1.51. The summed E-state index contributed by atoms with van der Waals surface area (Å²) in [6.07, 6.45) is 1.63.